The van der Waals surface area contributed by atoms with E-state index in [4.69, 9.17) is 9.47 Å². The van der Waals surface area contributed by atoms with Crippen molar-refractivity contribution >= 4 is 6.03 Å². The van der Waals surface area contributed by atoms with Gasteiger partial charge in [-0.25, -0.2) is 4.79 Å². The van der Waals surface area contributed by atoms with E-state index in [0.29, 0.717) is 25.7 Å². The van der Waals surface area contributed by atoms with Crippen molar-refractivity contribution in [1.82, 2.24) is 10.2 Å². The Hall–Kier alpha value is -1.75. The molecule has 1 aliphatic carbocycles. The molecule has 1 aromatic rings. The van der Waals surface area contributed by atoms with Crippen LogP contribution in [-0.4, -0.2) is 42.8 Å². The number of amides is 2. The molecule has 26 heavy (non-hydrogen) atoms. The minimum absolute atomic E-state index is 0.0263. The highest BCUT2D eigenvalue weighted by atomic mass is 16.5. The quantitative estimate of drug-likeness (QED) is 0.796. The van der Waals surface area contributed by atoms with E-state index in [1.54, 1.807) is 0 Å². The van der Waals surface area contributed by atoms with Crippen LogP contribution in [0.3, 0.4) is 0 Å². The molecule has 2 aliphatic rings. The Labute approximate surface area is 157 Å². The van der Waals surface area contributed by atoms with Crippen molar-refractivity contribution in [3.8, 4) is 5.75 Å². The van der Waals surface area contributed by atoms with Gasteiger partial charge in [-0.1, -0.05) is 18.6 Å². The van der Waals surface area contributed by atoms with E-state index in [0.717, 1.165) is 43.6 Å². The Bertz CT molecular complexity index is 566. The molecule has 1 saturated carbocycles. The molecule has 0 spiro atoms. The molecule has 1 unspecified atom stereocenters. The van der Waals surface area contributed by atoms with Gasteiger partial charge in [0.15, 0.2) is 0 Å². The second kappa shape index (κ2) is 9.81. The topological polar surface area (TPSA) is 50.8 Å². The fourth-order valence-electron chi connectivity index (χ4n) is 3.78. The molecule has 1 saturated heterocycles. The summed E-state index contributed by atoms with van der Waals surface area (Å²) in [4.78, 5) is 14.3. The third-order valence-corrected chi connectivity index (χ3v) is 5.31. The molecule has 1 aromatic carbocycles. The second-order valence-electron chi connectivity index (χ2n) is 7.36. The maximum Gasteiger partial charge on any atom is 0.317 e. The van der Waals surface area contributed by atoms with Crippen LogP contribution in [0.5, 0.6) is 5.75 Å². The molecule has 0 aromatic heterocycles. The highest BCUT2D eigenvalue weighted by Gasteiger charge is 2.21. The fourth-order valence-corrected chi connectivity index (χ4v) is 3.78. The van der Waals surface area contributed by atoms with Gasteiger partial charge >= 0.3 is 6.03 Å². The first-order valence-electron chi connectivity index (χ1n) is 10.1. The average Bonchev–Trinajstić information content (AvgIpc) is 3.18. The van der Waals surface area contributed by atoms with Crippen LogP contribution in [0.25, 0.3) is 0 Å². The molecule has 2 fully saturated rings. The lowest BCUT2D eigenvalue weighted by Crippen LogP contribution is -2.43. The van der Waals surface area contributed by atoms with Crippen molar-refractivity contribution in [1.29, 1.82) is 0 Å². The largest absolute Gasteiger partial charge is 0.490 e. The molecule has 5 heteroatoms. The molecule has 0 radical (unpaired) electrons. The summed E-state index contributed by atoms with van der Waals surface area (Å²) in [6.45, 7) is 4.71. The Morgan fingerprint density at radius 3 is 2.81 bits per heavy atom. The summed E-state index contributed by atoms with van der Waals surface area (Å²) in [6.07, 6.45) is 8.82. The summed E-state index contributed by atoms with van der Waals surface area (Å²) in [6, 6.07) is 8.07. The smallest absolute Gasteiger partial charge is 0.317 e. The first kappa shape index (κ1) is 19.0. The van der Waals surface area contributed by atoms with Gasteiger partial charge in [0.25, 0.3) is 0 Å². The van der Waals surface area contributed by atoms with Crippen molar-refractivity contribution in [2.24, 2.45) is 0 Å². The number of nitrogens with zero attached hydrogens (tertiary/aromatic N) is 1. The molecular weight excluding hydrogens is 328 g/mol. The zero-order chi connectivity index (χ0) is 18.2. The zero-order valence-corrected chi connectivity index (χ0v) is 15.9. The normalized spacial score (nSPS) is 20.7. The number of rotatable bonds is 7. The van der Waals surface area contributed by atoms with E-state index >= 15 is 0 Å². The Morgan fingerprint density at radius 2 is 2.08 bits per heavy atom. The predicted molar refractivity (Wildman–Crippen MR) is 102 cm³/mol. The lowest BCUT2D eigenvalue weighted by atomic mass is 9.98. The SMILES string of the molecule is CCN(CC1CCCO1)C(=O)NCc1cccc(OC2CCCCC2)c1. The summed E-state index contributed by atoms with van der Waals surface area (Å²) in [7, 11) is 0. The number of ether oxygens (including phenoxy) is 2. The van der Waals surface area contributed by atoms with E-state index in [1.165, 1.54) is 19.3 Å². The summed E-state index contributed by atoms with van der Waals surface area (Å²) < 4.78 is 11.8. The van der Waals surface area contributed by atoms with Gasteiger partial charge in [0, 0.05) is 26.2 Å². The Balaban J connectivity index is 1.48. The number of benzene rings is 1. The van der Waals surface area contributed by atoms with Gasteiger partial charge in [0.05, 0.1) is 12.2 Å². The summed E-state index contributed by atoms with van der Waals surface area (Å²) >= 11 is 0. The maximum atomic E-state index is 12.5. The van der Waals surface area contributed by atoms with Gasteiger partial charge in [0.2, 0.25) is 0 Å². The number of carbonyl (C=O) groups excluding carboxylic acids is 1. The Morgan fingerprint density at radius 1 is 1.23 bits per heavy atom. The molecule has 1 N–H and O–H groups in total. The van der Waals surface area contributed by atoms with Gasteiger partial charge in [-0.15, -0.1) is 0 Å². The number of urea groups is 1. The van der Waals surface area contributed by atoms with Crippen molar-refractivity contribution in [2.45, 2.75) is 70.6 Å². The van der Waals surface area contributed by atoms with Gasteiger partial charge in [-0.2, -0.15) is 0 Å². The van der Waals surface area contributed by atoms with Crippen LogP contribution in [0.2, 0.25) is 0 Å². The Kier molecular flexibility index (Phi) is 7.18. The van der Waals surface area contributed by atoms with Crippen molar-refractivity contribution < 1.29 is 14.3 Å². The molecular formula is C21H32N2O3. The van der Waals surface area contributed by atoms with Crippen molar-refractivity contribution in [3.63, 3.8) is 0 Å². The van der Waals surface area contributed by atoms with Crippen LogP contribution < -0.4 is 10.1 Å². The minimum Gasteiger partial charge on any atom is -0.490 e. The summed E-state index contributed by atoms with van der Waals surface area (Å²) in [5, 5.41) is 3.03. The molecule has 1 atom stereocenters. The molecule has 144 valence electrons. The first-order valence-corrected chi connectivity index (χ1v) is 10.1. The van der Waals surface area contributed by atoms with Gasteiger partial charge in [-0.3, -0.25) is 0 Å². The lowest BCUT2D eigenvalue weighted by Gasteiger charge is -2.24. The molecule has 0 bridgehead atoms. The van der Waals surface area contributed by atoms with Gasteiger partial charge < -0.3 is 19.7 Å². The van der Waals surface area contributed by atoms with Gasteiger partial charge in [-0.05, 0) is 63.1 Å². The molecule has 2 amide bonds. The van der Waals surface area contributed by atoms with Crippen LogP contribution in [0.15, 0.2) is 24.3 Å². The van der Waals surface area contributed by atoms with E-state index in [-0.39, 0.29) is 12.1 Å². The monoisotopic (exact) mass is 360 g/mol. The van der Waals surface area contributed by atoms with E-state index in [9.17, 15) is 4.79 Å². The van der Waals surface area contributed by atoms with E-state index in [2.05, 4.69) is 5.32 Å². The third-order valence-electron chi connectivity index (χ3n) is 5.31. The van der Waals surface area contributed by atoms with E-state index in [1.807, 2.05) is 36.1 Å². The molecule has 1 heterocycles. The van der Waals surface area contributed by atoms with Crippen LogP contribution in [-0.2, 0) is 11.3 Å². The number of carbonyl (C=O) groups is 1. The number of likely N-dealkylation sites (N-methyl/N-ethyl adjacent to an activating group) is 1. The van der Waals surface area contributed by atoms with Crippen LogP contribution >= 0.6 is 0 Å². The fraction of sp³-hybridized carbons (Fsp3) is 0.667. The van der Waals surface area contributed by atoms with Crippen LogP contribution in [0.1, 0.15) is 57.4 Å². The predicted octanol–water partition coefficient (Wildman–Crippen LogP) is 4.11. The standard InChI is InChI=1S/C21H32N2O3/c1-2-23(16-20-12-7-13-25-20)21(24)22-15-17-8-6-11-19(14-17)26-18-9-4-3-5-10-18/h6,8,11,14,18,20H,2-5,7,9-10,12-13,15-16H2,1H3,(H,22,24). The maximum absolute atomic E-state index is 12.5. The van der Waals surface area contributed by atoms with Crippen molar-refractivity contribution in [3.05, 3.63) is 29.8 Å². The lowest BCUT2D eigenvalue weighted by molar-refractivity contribution is 0.0826. The van der Waals surface area contributed by atoms with Gasteiger partial charge in [0.1, 0.15) is 5.75 Å². The average molecular weight is 360 g/mol. The third kappa shape index (κ3) is 5.63. The highest BCUT2D eigenvalue weighted by Crippen LogP contribution is 2.24. The number of hydrogen-bond acceptors (Lipinski definition) is 3. The minimum atomic E-state index is -0.0263. The van der Waals surface area contributed by atoms with Crippen LogP contribution in [0.4, 0.5) is 4.79 Å². The number of hydrogen-bond donors (Lipinski definition) is 1. The summed E-state index contributed by atoms with van der Waals surface area (Å²) in [5.74, 6) is 0.912. The van der Waals surface area contributed by atoms with E-state index < -0.39 is 0 Å². The number of nitrogens with one attached hydrogen (secondary N) is 1. The molecule has 5 nitrogen and oxygen atoms in total. The highest BCUT2D eigenvalue weighted by molar-refractivity contribution is 5.74. The van der Waals surface area contributed by atoms with Crippen molar-refractivity contribution in [2.75, 3.05) is 19.7 Å². The zero-order valence-electron chi connectivity index (χ0n) is 15.9. The first-order chi connectivity index (χ1) is 12.7. The molecule has 3 rings (SSSR count). The second-order valence-corrected chi connectivity index (χ2v) is 7.36. The van der Waals surface area contributed by atoms with Crippen LogP contribution in [0, 0.1) is 0 Å². The summed E-state index contributed by atoms with van der Waals surface area (Å²) in [5.41, 5.74) is 1.07. The molecule has 1 aliphatic heterocycles.